The molecule has 5 nitrogen and oxygen atoms in total. The summed E-state index contributed by atoms with van der Waals surface area (Å²) in [5, 5.41) is 2.86. The standard InChI is InChI=1S/C20H26N2O3S2/c1-14-5-7-17(8-6-14)13-26-10-9-22-20(23)18-11-15(2)16(3)19(12-18)27(24,25)21-4/h5-8,11-12,21H,9-10,13H2,1-4H3,(H,22,23). The molecule has 2 N–H and O–H groups in total. The molecule has 0 spiro atoms. The van der Waals surface area contributed by atoms with Crippen molar-refractivity contribution in [2.75, 3.05) is 19.3 Å². The molecular formula is C20H26N2O3S2. The van der Waals surface area contributed by atoms with Crippen molar-refractivity contribution in [1.29, 1.82) is 0 Å². The molecule has 2 aromatic rings. The Morgan fingerprint density at radius 2 is 1.74 bits per heavy atom. The Balaban J connectivity index is 1.93. The molecule has 27 heavy (non-hydrogen) atoms. The normalized spacial score (nSPS) is 11.4. The predicted octanol–water partition coefficient (Wildman–Crippen LogP) is 3.18. The SMILES string of the molecule is CNS(=O)(=O)c1cc(C(=O)NCCSCc2ccc(C)cc2)cc(C)c1C. The van der Waals surface area contributed by atoms with Crippen LogP contribution in [0.5, 0.6) is 0 Å². The number of thioether (sulfide) groups is 1. The number of rotatable bonds is 8. The van der Waals surface area contributed by atoms with Crippen molar-refractivity contribution in [2.45, 2.75) is 31.4 Å². The van der Waals surface area contributed by atoms with Gasteiger partial charge in [-0.3, -0.25) is 4.79 Å². The van der Waals surface area contributed by atoms with Crippen LogP contribution in [-0.4, -0.2) is 33.7 Å². The van der Waals surface area contributed by atoms with Gasteiger partial charge in [-0.15, -0.1) is 0 Å². The lowest BCUT2D eigenvalue weighted by Crippen LogP contribution is -2.27. The molecule has 0 saturated carbocycles. The van der Waals surface area contributed by atoms with E-state index in [-0.39, 0.29) is 10.8 Å². The number of carbonyl (C=O) groups is 1. The van der Waals surface area contributed by atoms with Crippen molar-refractivity contribution in [2.24, 2.45) is 0 Å². The van der Waals surface area contributed by atoms with Gasteiger partial charge in [0.1, 0.15) is 0 Å². The van der Waals surface area contributed by atoms with Crippen LogP contribution in [0, 0.1) is 20.8 Å². The van der Waals surface area contributed by atoms with Gasteiger partial charge in [-0.1, -0.05) is 29.8 Å². The predicted molar refractivity (Wildman–Crippen MR) is 112 cm³/mol. The minimum absolute atomic E-state index is 0.142. The first-order valence-electron chi connectivity index (χ1n) is 8.71. The number of hydrogen-bond donors (Lipinski definition) is 2. The Kier molecular flexibility index (Phi) is 7.47. The van der Waals surface area contributed by atoms with Crippen molar-refractivity contribution < 1.29 is 13.2 Å². The second kappa shape index (κ2) is 9.39. The highest BCUT2D eigenvalue weighted by Gasteiger charge is 2.19. The second-order valence-corrected chi connectivity index (χ2v) is 9.38. The van der Waals surface area contributed by atoms with E-state index in [0.717, 1.165) is 17.1 Å². The summed E-state index contributed by atoms with van der Waals surface area (Å²) < 4.78 is 26.6. The summed E-state index contributed by atoms with van der Waals surface area (Å²) in [5.41, 5.74) is 4.27. The zero-order chi connectivity index (χ0) is 20.0. The molecule has 0 unspecified atom stereocenters. The molecule has 2 rings (SSSR count). The van der Waals surface area contributed by atoms with E-state index in [2.05, 4.69) is 41.2 Å². The van der Waals surface area contributed by atoms with Crippen molar-refractivity contribution in [1.82, 2.24) is 10.0 Å². The summed E-state index contributed by atoms with van der Waals surface area (Å²) in [6, 6.07) is 11.6. The van der Waals surface area contributed by atoms with Crippen molar-refractivity contribution in [3.05, 3.63) is 64.2 Å². The van der Waals surface area contributed by atoms with Crippen LogP contribution >= 0.6 is 11.8 Å². The minimum atomic E-state index is -3.60. The highest BCUT2D eigenvalue weighted by atomic mass is 32.2. The van der Waals surface area contributed by atoms with E-state index in [0.29, 0.717) is 17.7 Å². The summed E-state index contributed by atoms with van der Waals surface area (Å²) in [6.45, 7) is 6.13. The van der Waals surface area contributed by atoms with Crippen LogP contribution in [0.2, 0.25) is 0 Å². The van der Waals surface area contributed by atoms with Crippen LogP contribution in [0.1, 0.15) is 32.6 Å². The van der Waals surface area contributed by atoms with E-state index in [4.69, 9.17) is 0 Å². The average Bonchev–Trinajstić information content (AvgIpc) is 2.64. The fourth-order valence-corrected chi connectivity index (χ4v) is 4.45. The van der Waals surface area contributed by atoms with E-state index in [1.165, 1.54) is 24.2 Å². The van der Waals surface area contributed by atoms with Gasteiger partial charge in [-0.05, 0) is 56.6 Å². The van der Waals surface area contributed by atoms with E-state index in [1.807, 2.05) is 0 Å². The quantitative estimate of drug-likeness (QED) is 0.660. The van der Waals surface area contributed by atoms with Crippen LogP contribution in [0.25, 0.3) is 0 Å². The monoisotopic (exact) mass is 406 g/mol. The number of hydrogen-bond acceptors (Lipinski definition) is 4. The minimum Gasteiger partial charge on any atom is -0.351 e. The van der Waals surface area contributed by atoms with E-state index < -0.39 is 10.0 Å². The fraction of sp³-hybridized carbons (Fsp3) is 0.350. The average molecular weight is 407 g/mol. The molecule has 0 radical (unpaired) electrons. The van der Waals surface area contributed by atoms with Gasteiger partial charge in [0.25, 0.3) is 5.91 Å². The topological polar surface area (TPSA) is 75.3 Å². The van der Waals surface area contributed by atoms with Crippen molar-refractivity contribution >= 4 is 27.7 Å². The zero-order valence-electron chi connectivity index (χ0n) is 16.1. The number of amides is 1. The third kappa shape index (κ3) is 5.82. The lowest BCUT2D eigenvalue weighted by Gasteiger charge is -2.12. The van der Waals surface area contributed by atoms with Gasteiger partial charge in [0.05, 0.1) is 4.90 Å². The van der Waals surface area contributed by atoms with Crippen LogP contribution in [0.15, 0.2) is 41.3 Å². The number of carbonyl (C=O) groups excluding carboxylic acids is 1. The molecule has 0 aliphatic carbocycles. The Labute approximate surface area is 166 Å². The first-order valence-corrected chi connectivity index (χ1v) is 11.3. The van der Waals surface area contributed by atoms with Gasteiger partial charge in [0.2, 0.25) is 10.0 Å². The van der Waals surface area contributed by atoms with Crippen LogP contribution in [0.3, 0.4) is 0 Å². The first kappa shape index (κ1) is 21.5. The molecule has 0 atom stereocenters. The van der Waals surface area contributed by atoms with E-state index in [1.54, 1.807) is 31.7 Å². The van der Waals surface area contributed by atoms with Gasteiger partial charge in [0, 0.05) is 23.6 Å². The number of sulfonamides is 1. The molecule has 7 heteroatoms. The van der Waals surface area contributed by atoms with Gasteiger partial charge < -0.3 is 5.32 Å². The van der Waals surface area contributed by atoms with Crippen molar-refractivity contribution in [3.8, 4) is 0 Å². The Morgan fingerprint density at radius 3 is 2.37 bits per heavy atom. The van der Waals surface area contributed by atoms with Gasteiger partial charge in [-0.25, -0.2) is 13.1 Å². The maximum atomic E-state index is 12.4. The Morgan fingerprint density at radius 1 is 1.07 bits per heavy atom. The van der Waals surface area contributed by atoms with E-state index in [9.17, 15) is 13.2 Å². The van der Waals surface area contributed by atoms with Crippen molar-refractivity contribution in [3.63, 3.8) is 0 Å². The lowest BCUT2D eigenvalue weighted by molar-refractivity contribution is 0.0956. The largest absolute Gasteiger partial charge is 0.351 e. The molecule has 0 bridgehead atoms. The van der Waals surface area contributed by atoms with Crippen LogP contribution < -0.4 is 10.0 Å². The molecule has 0 aromatic heterocycles. The molecule has 0 aliphatic rings. The highest BCUT2D eigenvalue weighted by molar-refractivity contribution is 7.98. The summed E-state index contributed by atoms with van der Waals surface area (Å²) in [5.74, 6) is 1.41. The molecule has 0 saturated heterocycles. The van der Waals surface area contributed by atoms with Gasteiger partial charge in [0.15, 0.2) is 0 Å². The summed E-state index contributed by atoms with van der Waals surface area (Å²) in [7, 11) is -2.24. The number of nitrogens with one attached hydrogen (secondary N) is 2. The number of aryl methyl sites for hydroxylation is 2. The molecule has 0 aliphatic heterocycles. The van der Waals surface area contributed by atoms with E-state index >= 15 is 0 Å². The van der Waals surface area contributed by atoms with Gasteiger partial charge >= 0.3 is 0 Å². The summed E-state index contributed by atoms with van der Waals surface area (Å²) in [4.78, 5) is 12.6. The molecule has 2 aromatic carbocycles. The summed E-state index contributed by atoms with van der Waals surface area (Å²) in [6.07, 6.45) is 0. The smallest absolute Gasteiger partial charge is 0.251 e. The lowest BCUT2D eigenvalue weighted by atomic mass is 10.1. The number of benzene rings is 2. The zero-order valence-corrected chi connectivity index (χ0v) is 17.8. The maximum Gasteiger partial charge on any atom is 0.251 e. The molecule has 146 valence electrons. The Hall–Kier alpha value is -1.83. The van der Waals surface area contributed by atoms with Crippen LogP contribution in [-0.2, 0) is 15.8 Å². The van der Waals surface area contributed by atoms with Gasteiger partial charge in [-0.2, -0.15) is 11.8 Å². The third-order valence-electron chi connectivity index (χ3n) is 4.36. The molecular weight excluding hydrogens is 380 g/mol. The fourth-order valence-electron chi connectivity index (χ4n) is 2.56. The third-order valence-corrected chi connectivity index (χ3v) is 6.93. The maximum absolute atomic E-state index is 12.4. The summed E-state index contributed by atoms with van der Waals surface area (Å²) >= 11 is 1.75. The highest BCUT2D eigenvalue weighted by Crippen LogP contribution is 2.21. The van der Waals surface area contributed by atoms with Crippen LogP contribution in [0.4, 0.5) is 0 Å². The molecule has 1 amide bonds. The second-order valence-electron chi connectivity index (χ2n) is 6.42. The molecule has 0 heterocycles. The molecule has 0 fully saturated rings. The Bertz CT molecular complexity index is 908. The first-order chi connectivity index (χ1) is 12.7.